The van der Waals surface area contributed by atoms with Gasteiger partial charge in [-0.05, 0) is 74.1 Å². The van der Waals surface area contributed by atoms with Gasteiger partial charge in [0, 0.05) is 25.2 Å². The first-order chi connectivity index (χ1) is 14.4. The smallest absolute Gasteiger partial charge is 0.429 e. The van der Waals surface area contributed by atoms with Crippen molar-refractivity contribution in [3.63, 3.8) is 0 Å². The topological polar surface area (TPSA) is 49.7 Å². The standard InChI is InChI=1S/C23H24F4O3/c24-20-15-18(8-4-6-14-29)16-21(25)22(20)23(26,27)30-19-11-9-17(10-12-19)7-3-1-2-5-13-28/h9-12,15-16,28-29H,1-2,4-6,8,13-14H2. The molecule has 0 aliphatic carbocycles. The van der Waals surface area contributed by atoms with Gasteiger partial charge in [0.25, 0.3) is 0 Å². The fourth-order valence-electron chi connectivity index (χ4n) is 2.78. The van der Waals surface area contributed by atoms with Crippen LogP contribution in [0.15, 0.2) is 36.4 Å². The van der Waals surface area contributed by atoms with Crippen LogP contribution in [0.25, 0.3) is 0 Å². The second-order valence-electron chi connectivity index (χ2n) is 6.74. The Bertz CT molecular complexity index is 847. The van der Waals surface area contributed by atoms with Crippen molar-refractivity contribution in [2.24, 2.45) is 0 Å². The first-order valence-electron chi connectivity index (χ1n) is 9.73. The summed E-state index contributed by atoms with van der Waals surface area (Å²) in [5, 5.41) is 17.5. The maximum absolute atomic E-state index is 14.4. The lowest BCUT2D eigenvalue weighted by Gasteiger charge is -2.20. The Morgan fingerprint density at radius 1 is 0.867 bits per heavy atom. The number of ether oxygens (including phenoxy) is 1. The van der Waals surface area contributed by atoms with Gasteiger partial charge in [-0.1, -0.05) is 11.8 Å². The van der Waals surface area contributed by atoms with Crippen molar-refractivity contribution in [2.75, 3.05) is 13.2 Å². The van der Waals surface area contributed by atoms with Gasteiger partial charge in [0.1, 0.15) is 22.9 Å². The fraction of sp³-hybridized carbons (Fsp3) is 0.391. The average molecular weight is 424 g/mol. The van der Waals surface area contributed by atoms with Crippen LogP contribution in [-0.2, 0) is 12.5 Å². The summed E-state index contributed by atoms with van der Waals surface area (Å²) >= 11 is 0. The number of halogens is 4. The van der Waals surface area contributed by atoms with E-state index in [4.69, 9.17) is 10.2 Å². The van der Waals surface area contributed by atoms with E-state index >= 15 is 0 Å². The number of aryl methyl sites for hydroxylation is 1. The van der Waals surface area contributed by atoms with E-state index in [-0.39, 0.29) is 30.9 Å². The molecule has 0 aliphatic heterocycles. The highest BCUT2D eigenvalue weighted by Gasteiger charge is 2.41. The molecule has 0 radical (unpaired) electrons. The molecule has 0 saturated heterocycles. The zero-order chi connectivity index (χ0) is 22.0. The third-order valence-electron chi connectivity index (χ3n) is 4.31. The molecule has 0 atom stereocenters. The van der Waals surface area contributed by atoms with Crippen LogP contribution in [0, 0.1) is 23.5 Å². The third kappa shape index (κ3) is 7.05. The van der Waals surface area contributed by atoms with Crippen LogP contribution >= 0.6 is 0 Å². The summed E-state index contributed by atoms with van der Waals surface area (Å²) in [6.07, 6.45) is -0.975. The highest BCUT2D eigenvalue weighted by molar-refractivity contribution is 5.39. The molecule has 0 unspecified atom stereocenters. The minimum Gasteiger partial charge on any atom is -0.429 e. The van der Waals surface area contributed by atoms with E-state index in [1.54, 1.807) is 0 Å². The van der Waals surface area contributed by atoms with Crippen molar-refractivity contribution in [2.45, 2.75) is 44.6 Å². The molecule has 0 aromatic heterocycles. The predicted octanol–water partition coefficient (Wildman–Crippen LogP) is 4.92. The highest BCUT2D eigenvalue weighted by atomic mass is 19.3. The van der Waals surface area contributed by atoms with Crippen molar-refractivity contribution in [1.29, 1.82) is 0 Å². The largest absolute Gasteiger partial charge is 0.432 e. The molecule has 0 saturated carbocycles. The zero-order valence-electron chi connectivity index (χ0n) is 16.4. The van der Waals surface area contributed by atoms with Crippen LogP contribution < -0.4 is 4.74 Å². The minimum absolute atomic E-state index is 0.0525. The Balaban J connectivity index is 2.08. The lowest BCUT2D eigenvalue weighted by molar-refractivity contribution is -0.189. The summed E-state index contributed by atoms with van der Waals surface area (Å²) in [6.45, 7) is 0.0542. The van der Waals surface area contributed by atoms with Crippen LogP contribution in [0.3, 0.4) is 0 Å². The summed E-state index contributed by atoms with van der Waals surface area (Å²) in [4.78, 5) is 0. The van der Waals surface area contributed by atoms with Crippen molar-refractivity contribution in [3.05, 3.63) is 64.7 Å². The molecular formula is C23H24F4O3. The molecule has 2 aromatic carbocycles. The Labute approximate surface area is 173 Å². The molecule has 0 heterocycles. The monoisotopic (exact) mass is 424 g/mol. The van der Waals surface area contributed by atoms with E-state index in [0.29, 0.717) is 31.2 Å². The number of rotatable bonds is 10. The van der Waals surface area contributed by atoms with E-state index in [1.807, 2.05) is 0 Å². The second-order valence-corrected chi connectivity index (χ2v) is 6.74. The first kappa shape index (κ1) is 23.7. The van der Waals surface area contributed by atoms with E-state index in [2.05, 4.69) is 16.6 Å². The van der Waals surface area contributed by atoms with Crippen LogP contribution in [0.2, 0.25) is 0 Å². The molecule has 2 N–H and O–H groups in total. The number of hydrogen-bond acceptors (Lipinski definition) is 3. The Kier molecular flexibility index (Phi) is 9.15. The molecule has 0 fully saturated rings. The van der Waals surface area contributed by atoms with Gasteiger partial charge < -0.3 is 14.9 Å². The molecule has 0 spiro atoms. The highest BCUT2D eigenvalue weighted by Crippen LogP contribution is 2.35. The van der Waals surface area contributed by atoms with Crippen molar-refractivity contribution >= 4 is 0 Å². The van der Waals surface area contributed by atoms with Gasteiger partial charge in [0.2, 0.25) is 0 Å². The Morgan fingerprint density at radius 3 is 2.07 bits per heavy atom. The van der Waals surface area contributed by atoms with E-state index in [9.17, 15) is 17.6 Å². The minimum atomic E-state index is -4.20. The molecule has 0 bridgehead atoms. The van der Waals surface area contributed by atoms with Gasteiger partial charge in [0.15, 0.2) is 0 Å². The Hall–Kier alpha value is -2.56. The van der Waals surface area contributed by atoms with Gasteiger partial charge in [-0.15, -0.1) is 0 Å². The lowest BCUT2D eigenvalue weighted by atomic mass is 10.0. The molecule has 7 heteroatoms. The second kappa shape index (κ2) is 11.6. The van der Waals surface area contributed by atoms with Gasteiger partial charge in [-0.2, -0.15) is 8.78 Å². The lowest BCUT2D eigenvalue weighted by Crippen LogP contribution is -2.25. The number of unbranched alkanes of at least 4 members (excludes halogenated alkanes) is 3. The van der Waals surface area contributed by atoms with E-state index < -0.39 is 23.3 Å². The molecule has 162 valence electrons. The number of hydrogen-bond donors (Lipinski definition) is 2. The number of aliphatic hydroxyl groups is 2. The SMILES string of the molecule is OCCCCC#Cc1ccc(OC(F)(F)c2c(F)cc(CCCCO)cc2F)cc1. The molecule has 0 aliphatic rings. The third-order valence-corrected chi connectivity index (χ3v) is 4.31. The number of alkyl halides is 2. The van der Waals surface area contributed by atoms with Crippen LogP contribution in [0.5, 0.6) is 5.75 Å². The summed E-state index contributed by atoms with van der Waals surface area (Å²) in [5.41, 5.74) is -0.625. The van der Waals surface area contributed by atoms with Crippen molar-refractivity contribution in [1.82, 2.24) is 0 Å². The summed E-state index contributed by atoms with van der Waals surface area (Å²) in [6, 6.07) is 7.18. The van der Waals surface area contributed by atoms with Gasteiger partial charge in [-0.25, -0.2) is 8.78 Å². The number of benzene rings is 2. The molecule has 2 aromatic rings. The summed E-state index contributed by atoms with van der Waals surface area (Å²) in [7, 11) is 0. The average Bonchev–Trinajstić information content (AvgIpc) is 2.68. The van der Waals surface area contributed by atoms with Gasteiger partial charge in [0.05, 0.1) is 0 Å². The fourth-order valence-corrected chi connectivity index (χ4v) is 2.78. The molecular weight excluding hydrogens is 400 g/mol. The molecule has 30 heavy (non-hydrogen) atoms. The van der Waals surface area contributed by atoms with Gasteiger partial charge >= 0.3 is 6.11 Å². The summed E-state index contributed by atoms with van der Waals surface area (Å²) in [5.74, 6) is 2.74. The normalized spacial score (nSPS) is 11.1. The maximum Gasteiger partial charge on any atom is 0.432 e. The maximum atomic E-state index is 14.4. The molecule has 0 amide bonds. The Morgan fingerprint density at radius 2 is 1.47 bits per heavy atom. The van der Waals surface area contributed by atoms with E-state index in [0.717, 1.165) is 18.6 Å². The van der Waals surface area contributed by atoms with Crippen LogP contribution in [0.4, 0.5) is 17.6 Å². The quantitative estimate of drug-likeness (QED) is 0.323. The van der Waals surface area contributed by atoms with Crippen molar-refractivity contribution < 1.29 is 32.5 Å². The summed E-state index contributed by atoms with van der Waals surface area (Å²) < 4.78 is 61.9. The predicted molar refractivity (Wildman–Crippen MR) is 105 cm³/mol. The zero-order valence-corrected chi connectivity index (χ0v) is 16.4. The number of aliphatic hydroxyl groups excluding tert-OH is 2. The van der Waals surface area contributed by atoms with Crippen LogP contribution in [0.1, 0.15) is 48.8 Å². The van der Waals surface area contributed by atoms with E-state index in [1.165, 1.54) is 24.3 Å². The first-order valence-corrected chi connectivity index (χ1v) is 9.73. The molecule has 3 nitrogen and oxygen atoms in total. The van der Waals surface area contributed by atoms with Crippen LogP contribution in [-0.4, -0.2) is 23.4 Å². The molecule has 2 rings (SSSR count). The van der Waals surface area contributed by atoms with Gasteiger partial charge in [-0.3, -0.25) is 0 Å². The van der Waals surface area contributed by atoms with Crippen molar-refractivity contribution in [3.8, 4) is 17.6 Å².